The molecule has 0 bridgehead atoms. The van der Waals surface area contributed by atoms with Gasteiger partial charge in [0.15, 0.2) is 0 Å². The van der Waals surface area contributed by atoms with E-state index in [-0.39, 0.29) is 11.8 Å². The fourth-order valence-electron chi connectivity index (χ4n) is 3.16. The summed E-state index contributed by atoms with van der Waals surface area (Å²) >= 11 is 0. The van der Waals surface area contributed by atoms with E-state index in [0.29, 0.717) is 37.3 Å². The van der Waals surface area contributed by atoms with Gasteiger partial charge in [-0.1, -0.05) is 0 Å². The van der Waals surface area contributed by atoms with E-state index in [0.717, 1.165) is 32.6 Å². The second-order valence-electron chi connectivity index (χ2n) is 6.61. The lowest BCUT2D eigenvalue weighted by molar-refractivity contribution is -0.119. The van der Waals surface area contributed by atoms with Crippen LogP contribution >= 0.6 is 0 Å². The number of amides is 3. The fourth-order valence-corrected chi connectivity index (χ4v) is 3.16. The zero-order valence-corrected chi connectivity index (χ0v) is 14.6. The van der Waals surface area contributed by atoms with Crippen LogP contribution in [0.25, 0.3) is 0 Å². The van der Waals surface area contributed by atoms with Crippen LogP contribution in [0.3, 0.4) is 0 Å². The summed E-state index contributed by atoms with van der Waals surface area (Å²) in [5, 5.41) is 0. The van der Waals surface area contributed by atoms with Crippen molar-refractivity contribution in [1.29, 1.82) is 0 Å². The van der Waals surface area contributed by atoms with Crippen molar-refractivity contribution in [1.82, 2.24) is 19.6 Å². The molecule has 0 aliphatic carbocycles. The van der Waals surface area contributed by atoms with Gasteiger partial charge >= 0.3 is 0 Å². The Morgan fingerprint density at radius 1 is 0.760 bits per heavy atom. The molecule has 0 saturated carbocycles. The molecule has 25 heavy (non-hydrogen) atoms. The maximum Gasteiger partial charge on any atom is 0.253 e. The van der Waals surface area contributed by atoms with Crippen LogP contribution < -0.4 is 0 Å². The number of hydrogen-bond acceptors (Lipinski definition) is 4. The number of hydrogen-bond donors (Lipinski definition) is 0. The van der Waals surface area contributed by atoms with Crippen LogP contribution in [0.5, 0.6) is 0 Å². The van der Waals surface area contributed by atoms with Gasteiger partial charge in [-0.15, -0.1) is 0 Å². The van der Waals surface area contributed by atoms with Crippen molar-refractivity contribution in [2.75, 3.05) is 59.4 Å². The van der Waals surface area contributed by atoms with E-state index in [1.807, 2.05) is 4.90 Å². The van der Waals surface area contributed by atoms with Crippen molar-refractivity contribution in [2.24, 2.45) is 0 Å². The van der Waals surface area contributed by atoms with Crippen LogP contribution in [0.4, 0.5) is 0 Å². The molecule has 2 saturated heterocycles. The normalized spacial score (nSPS) is 19.0. The van der Waals surface area contributed by atoms with Gasteiger partial charge in [0.2, 0.25) is 6.41 Å². The molecule has 3 rings (SSSR count). The lowest BCUT2D eigenvalue weighted by atomic mass is 10.1. The van der Waals surface area contributed by atoms with E-state index in [1.54, 1.807) is 34.1 Å². The van der Waals surface area contributed by atoms with Gasteiger partial charge in [-0.3, -0.25) is 14.4 Å². The van der Waals surface area contributed by atoms with E-state index < -0.39 is 0 Å². The zero-order chi connectivity index (χ0) is 17.8. The third kappa shape index (κ3) is 3.99. The van der Waals surface area contributed by atoms with Gasteiger partial charge in [-0.25, -0.2) is 0 Å². The lowest BCUT2D eigenvalue weighted by Gasteiger charge is -2.33. The highest BCUT2D eigenvalue weighted by Gasteiger charge is 2.23. The standard InChI is InChI=1S/C18H24N4O3/c1-19-6-10-21(11-7-19)17(24)15-2-4-16(5-3-15)18(25)22-12-8-20(14-23)9-13-22/h2-5,14H,6-13H2,1H3. The van der Waals surface area contributed by atoms with Gasteiger partial charge in [-0.05, 0) is 31.3 Å². The number of piperazine rings is 2. The summed E-state index contributed by atoms with van der Waals surface area (Å²) in [4.78, 5) is 43.3. The third-order valence-electron chi connectivity index (χ3n) is 4.92. The third-order valence-corrected chi connectivity index (χ3v) is 4.92. The SMILES string of the molecule is CN1CCN(C(=O)c2ccc(C(=O)N3CCN(C=O)CC3)cc2)CC1. The number of nitrogens with zero attached hydrogens (tertiary/aromatic N) is 4. The molecular formula is C18H24N4O3. The predicted molar refractivity (Wildman–Crippen MR) is 93.4 cm³/mol. The average molecular weight is 344 g/mol. The monoisotopic (exact) mass is 344 g/mol. The molecule has 0 aromatic heterocycles. The van der Waals surface area contributed by atoms with Gasteiger partial charge in [0.25, 0.3) is 11.8 Å². The van der Waals surface area contributed by atoms with E-state index in [9.17, 15) is 14.4 Å². The van der Waals surface area contributed by atoms with Gasteiger partial charge in [0.05, 0.1) is 0 Å². The molecule has 134 valence electrons. The molecule has 2 aliphatic rings. The summed E-state index contributed by atoms with van der Waals surface area (Å²) in [6.45, 7) is 5.45. The summed E-state index contributed by atoms with van der Waals surface area (Å²) < 4.78 is 0. The van der Waals surface area contributed by atoms with Crippen molar-refractivity contribution in [3.8, 4) is 0 Å². The fraction of sp³-hybridized carbons (Fsp3) is 0.500. The van der Waals surface area contributed by atoms with E-state index in [1.165, 1.54) is 0 Å². The summed E-state index contributed by atoms with van der Waals surface area (Å²) in [5.74, 6) is -0.0316. The summed E-state index contributed by atoms with van der Waals surface area (Å²) in [6.07, 6.45) is 0.820. The number of carbonyl (C=O) groups is 3. The van der Waals surface area contributed by atoms with Crippen LogP contribution in [0, 0.1) is 0 Å². The predicted octanol–water partition coefficient (Wildman–Crippen LogP) is -0.0116. The number of rotatable bonds is 3. The van der Waals surface area contributed by atoms with Crippen molar-refractivity contribution < 1.29 is 14.4 Å². The van der Waals surface area contributed by atoms with Crippen molar-refractivity contribution in [3.05, 3.63) is 35.4 Å². The van der Waals surface area contributed by atoms with Crippen LogP contribution in [0.15, 0.2) is 24.3 Å². The minimum Gasteiger partial charge on any atom is -0.342 e. The Morgan fingerprint density at radius 2 is 1.16 bits per heavy atom. The highest BCUT2D eigenvalue weighted by Crippen LogP contribution is 2.13. The van der Waals surface area contributed by atoms with Crippen LogP contribution in [0.2, 0.25) is 0 Å². The molecule has 1 aromatic rings. The molecule has 0 radical (unpaired) electrons. The van der Waals surface area contributed by atoms with Crippen molar-refractivity contribution in [3.63, 3.8) is 0 Å². The number of benzene rings is 1. The molecule has 2 heterocycles. The average Bonchev–Trinajstić information content (AvgIpc) is 2.67. The number of likely N-dealkylation sites (N-methyl/N-ethyl adjacent to an activating group) is 1. The molecule has 7 heteroatoms. The number of carbonyl (C=O) groups excluding carboxylic acids is 3. The quantitative estimate of drug-likeness (QED) is 0.724. The molecule has 0 unspecified atom stereocenters. The Hall–Kier alpha value is -2.41. The first-order chi connectivity index (χ1) is 12.1. The molecule has 0 atom stereocenters. The first-order valence-electron chi connectivity index (χ1n) is 8.65. The maximum absolute atomic E-state index is 12.5. The molecule has 0 N–H and O–H groups in total. The topological polar surface area (TPSA) is 64.2 Å². The second-order valence-corrected chi connectivity index (χ2v) is 6.61. The largest absolute Gasteiger partial charge is 0.342 e. The molecule has 0 spiro atoms. The van der Waals surface area contributed by atoms with E-state index in [4.69, 9.17) is 0 Å². The minimum atomic E-state index is -0.0517. The summed E-state index contributed by atoms with van der Waals surface area (Å²) in [7, 11) is 2.05. The van der Waals surface area contributed by atoms with Gasteiger partial charge < -0.3 is 19.6 Å². The Bertz CT molecular complexity index is 630. The molecular weight excluding hydrogens is 320 g/mol. The van der Waals surface area contributed by atoms with Crippen LogP contribution in [0.1, 0.15) is 20.7 Å². The van der Waals surface area contributed by atoms with Crippen LogP contribution in [-0.4, -0.2) is 97.2 Å². The maximum atomic E-state index is 12.5. The summed E-state index contributed by atoms with van der Waals surface area (Å²) in [5.41, 5.74) is 1.20. The van der Waals surface area contributed by atoms with E-state index >= 15 is 0 Å². The Kier molecular flexibility index (Phi) is 5.33. The lowest BCUT2D eigenvalue weighted by Crippen LogP contribution is -2.48. The zero-order valence-electron chi connectivity index (χ0n) is 14.6. The molecule has 2 aliphatic heterocycles. The summed E-state index contributed by atoms with van der Waals surface area (Å²) in [6, 6.07) is 6.90. The molecule has 3 amide bonds. The Labute approximate surface area is 147 Å². The van der Waals surface area contributed by atoms with Gasteiger partial charge in [-0.2, -0.15) is 0 Å². The van der Waals surface area contributed by atoms with Crippen LogP contribution in [-0.2, 0) is 4.79 Å². The minimum absolute atomic E-state index is 0.0201. The van der Waals surface area contributed by atoms with Crippen molar-refractivity contribution >= 4 is 18.2 Å². The first kappa shape index (κ1) is 17.4. The molecule has 7 nitrogen and oxygen atoms in total. The molecule has 1 aromatic carbocycles. The second kappa shape index (κ2) is 7.65. The van der Waals surface area contributed by atoms with Gasteiger partial charge in [0.1, 0.15) is 0 Å². The Balaban J connectivity index is 1.61. The Morgan fingerprint density at radius 3 is 1.56 bits per heavy atom. The first-order valence-corrected chi connectivity index (χ1v) is 8.65. The van der Waals surface area contributed by atoms with Gasteiger partial charge in [0, 0.05) is 63.5 Å². The highest BCUT2D eigenvalue weighted by molar-refractivity contribution is 5.98. The highest BCUT2D eigenvalue weighted by atomic mass is 16.2. The smallest absolute Gasteiger partial charge is 0.253 e. The van der Waals surface area contributed by atoms with Crippen molar-refractivity contribution in [2.45, 2.75) is 0 Å². The van der Waals surface area contributed by atoms with E-state index in [2.05, 4.69) is 11.9 Å². The molecule has 2 fully saturated rings.